The van der Waals surface area contributed by atoms with Crippen molar-refractivity contribution < 1.29 is 4.79 Å². The Labute approximate surface area is 127 Å². The second kappa shape index (κ2) is 6.18. The Kier molecular flexibility index (Phi) is 4.29. The zero-order valence-electron chi connectivity index (χ0n) is 12.9. The minimum atomic E-state index is 0.123. The summed E-state index contributed by atoms with van der Waals surface area (Å²) in [5.74, 6) is 0.801. The summed E-state index contributed by atoms with van der Waals surface area (Å²) in [6, 6.07) is 8.67. The van der Waals surface area contributed by atoms with Gasteiger partial charge in [-0.3, -0.25) is 4.79 Å². The standard InChI is InChI=1S/C18H26N2O/c1-13-10-11-14-6-3-5-9-17(14)20(13)18(21)16-8-4-2-7-15(16)12-19/h3,5-6,9,13,15-16H,2,4,7-8,10-12,19H2,1H3. The first kappa shape index (κ1) is 14.6. The van der Waals surface area contributed by atoms with E-state index in [1.165, 1.54) is 12.0 Å². The van der Waals surface area contributed by atoms with E-state index >= 15 is 0 Å². The molecular formula is C18H26N2O. The lowest BCUT2D eigenvalue weighted by Crippen LogP contribution is -2.48. The van der Waals surface area contributed by atoms with E-state index in [-0.39, 0.29) is 5.92 Å². The van der Waals surface area contributed by atoms with Crippen molar-refractivity contribution in [2.24, 2.45) is 17.6 Å². The van der Waals surface area contributed by atoms with E-state index in [1.54, 1.807) is 0 Å². The van der Waals surface area contributed by atoms with E-state index in [9.17, 15) is 4.79 Å². The van der Waals surface area contributed by atoms with Gasteiger partial charge in [-0.25, -0.2) is 0 Å². The fourth-order valence-electron chi connectivity index (χ4n) is 4.02. The first-order valence-corrected chi connectivity index (χ1v) is 8.33. The van der Waals surface area contributed by atoms with Gasteiger partial charge in [0.1, 0.15) is 0 Å². The molecule has 0 bridgehead atoms. The van der Waals surface area contributed by atoms with Crippen LogP contribution in [0.2, 0.25) is 0 Å². The lowest BCUT2D eigenvalue weighted by Gasteiger charge is -2.40. The highest BCUT2D eigenvalue weighted by Crippen LogP contribution is 2.36. The number of carbonyl (C=O) groups excluding carboxylic acids is 1. The van der Waals surface area contributed by atoms with Crippen molar-refractivity contribution >= 4 is 11.6 Å². The Morgan fingerprint density at radius 2 is 2.00 bits per heavy atom. The van der Waals surface area contributed by atoms with Crippen molar-refractivity contribution in [3.05, 3.63) is 29.8 Å². The minimum absolute atomic E-state index is 0.123. The van der Waals surface area contributed by atoms with E-state index in [0.29, 0.717) is 24.4 Å². The van der Waals surface area contributed by atoms with E-state index < -0.39 is 0 Å². The molecule has 1 aromatic carbocycles. The molecule has 1 aliphatic heterocycles. The minimum Gasteiger partial charge on any atom is -0.330 e. The van der Waals surface area contributed by atoms with Crippen LogP contribution in [0.25, 0.3) is 0 Å². The molecule has 3 nitrogen and oxygen atoms in total. The van der Waals surface area contributed by atoms with E-state index in [0.717, 1.165) is 37.8 Å². The smallest absolute Gasteiger partial charge is 0.230 e. The van der Waals surface area contributed by atoms with Crippen LogP contribution in [0.15, 0.2) is 24.3 Å². The Morgan fingerprint density at radius 1 is 1.24 bits per heavy atom. The van der Waals surface area contributed by atoms with Crippen LogP contribution < -0.4 is 10.6 Å². The van der Waals surface area contributed by atoms with Crippen LogP contribution in [-0.2, 0) is 11.2 Å². The van der Waals surface area contributed by atoms with Gasteiger partial charge in [0, 0.05) is 17.6 Å². The van der Waals surface area contributed by atoms with Crippen molar-refractivity contribution in [1.82, 2.24) is 0 Å². The highest BCUT2D eigenvalue weighted by atomic mass is 16.2. The van der Waals surface area contributed by atoms with Crippen LogP contribution in [0, 0.1) is 11.8 Å². The maximum absolute atomic E-state index is 13.2. The van der Waals surface area contributed by atoms with Crippen molar-refractivity contribution in [3.8, 4) is 0 Å². The first-order valence-electron chi connectivity index (χ1n) is 8.33. The molecule has 0 spiro atoms. The number of benzene rings is 1. The molecule has 1 fully saturated rings. The Balaban J connectivity index is 1.89. The maximum Gasteiger partial charge on any atom is 0.230 e. The van der Waals surface area contributed by atoms with Crippen LogP contribution in [0.5, 0.6) is 0 Å². The first-order chi connectivity index (χ1) is 10.2. The molecule has 2 aliphatic rings. The Morgan fingerprint density at radius 3 is 2.81 bits per heavy atom. The number of fused-ring (bicyclic) bond motifs is 1. The summed E-state index contributed by atoms with van der Waals surface area (Å²) in [6.07, 6.45) is 6.63. The summed E-state index contributed by atoms with van der Waals surface area (Å²) < 4.78 is 0. The van der Waals surface area contributed by atoms with E-state index in [4.69, 9.17) is 5.73 Å². The zero-order chi connectivity index (χ0) is 14.8. The summed E-state index contributed by atoms with van der Waals surface area (Å²) in [5, 5.41) is 0. The molecule has 0 radical (unpaired) electrons. The molecule has 3 unspecified atom stereocenters. The predicted octanol–water partition coefficient (Wildman–Crippen LogP) is 3.12. The summed E-state index contributed by atoms with van der Waals surface area (Å²) in [5.41, 5.74) is 8.36. The molecule has 1 saturated carbocycles. The van der Waals surface area contributed by atoms with Crippen LogP contribution >= 0.6 is 0 Å². The molecule has 3 rings (SSSR count). The van der Waals surface area contributed by atoms with Crippen molar-refractivity contribution in [1.29, 1.82) is 0 Å². The molecule has 1 heterocycles. The lowest BCUT2D eigenvalue weighted by atomic mass is 9.78. The van der Waals surface area contributed by atoms with Gasteiger partial charge < -0.3 is 10.6 Å². The second-order valence-electron chi connectivity index (χ2n) is 6.61. The Bertz CT molecular complexity index is 514. The fourth-order valence-corrected chi connectivity index (χ4v) is 4.02. The largest absolute Gasteiger partial charge is 0.330 e. The van der Waals surface area contributed by atoms with Crippen LogP contribution in [0.4, 0.5) is 5.69 Å². The van der Waals surface area contributed by atoms with Gasteiger partial charge in [0.15, 0.2) is 0 Å². The predicted molar refractivity (Wildman–Crippen MR) is 86.2 cm³/mol. The third-order valence-electron chi connectivity index (χ3n) is 5.29. The molecule has 3 heteroatoms. The molecule has 3 atom stereocenters. The number of hydrogen-bond acceptors (Lipinski definition) is 2. The number of carbonyl (C=O) groups is 1. The third kappa shape index (κ3) is 2.71. The second-order valence-corrected chi connectivity index (χ2v) is 6.61. The van der Waals surface area contributed by atoms with Crippen LogP contribution in [0.3, 0.4) is 0 Å². The molecule has 0 saturated heterocycles. The van der Waals surface area contributed by atoms with Crippen molar-refractivity contribution in [2.45, 2.75) is 51.5 Å². The number of nitrogens with two attached hydrogens (primary N) is 1. The van der Waals surface area contributed by atoms with Crippen LogP contribution in [-0.4, -0.2) is 18.5 Å². The normalized spacial score (nSPS) is 29.0. The van der Waals surface area contributed by atoms with Crippen LogP contribution in [0.1, 0.15) is 44.6 Å². The van der Waals surface area contributed by atoms with Crippen molar-refractivity contribution in [3.63, 3.8) is 0 Å². The van der Waals surface area contributed by atoms with Gasteiger partial charge in [-0.05, 0) is 56.7 Å². The number of anilines is 1. The Hall–Kier alpha value is -1.35. The van der Waals surface area contributed by atoms with Gasteiger partial charge in [-0.2, -0.15) is 0 Å². The summed E-state index contributed by atoms with van der Waals surface area (Å²) in [4.78, 5) is 15.2. The summed E-state index contributed by atoms with van der Waals surface area (Å²) >= 11 is 0. The molecule has 1 aliphatic carbocycles. The summed E-state index contributed by atoms with van der Waals surface area (Å²) in [6.45, 7) is 2.81. The average Bonchev–Trinajstić information content (AvgIpc) is 2.54. The van der Waals surface area contributed by atoms with Gasteiger partial charge in [0.2, 0.25) is 5.91 Å². The number of nitrogens with zero attached hydrogens (tertiary/aromatic N) is 1. The zero-order valence-corrected chi connectivity index (χ0v) is 12.9. The molecule has 0 aromatic heterocycles. The maximum atomic E-state index is 13.2. The molecular weight excluding hydrogens is 260 g/mol. The third-order valence-corrected chi connectivity index (χ3v) is 5.29. The quantitative estimate of drug-likeness (QED) is 0.908. The van der Waals surface area contributed by atoms with Gasteiger partial charge in [-0.1, -0.05) is 31.0 Å². The monoisotopic (exact) mass is 286 g/mol. The van der Waals surface area contributed by atoms with Gasteiger partial charge in [0.25, 0.3) is 0 Å². The molecule has 1 aromatic rings. The molecule has 114 valence electrons. The van der Waals surface area contributed by atoms with Gasteiger partial charge >= 0.3 is 0 Å². The highest BCUT2D eigenvalue weighted by molar-refractivity contribution is 5.97. The molecule has 21 heavy (non-hydrogen) atoms. The molecule has 2 N–H and O–H groups in total. The lowest BCUT2D eigenvalue weighted by molar-refractivity contribution is -0.125. The number of rotatable bonds is 2. The number of amides is 1. The van der Waals surface area contributed by atoms with Gasteiger partial charge in [0.05, 0.1) is 0 Å². The van der Waals surface area contributed by atoms with E-state index in [2.05, 4.69) is 30.0 Å². The number of para-hydroxylation sites is 1. The topological polar surface area (TPSA) is 46.3 Å². The highest BCUT2D eigenvalue weighted by Gasteiger charge is 2.37. The van der Waals surface area contributed by atoms with Crippen molar-refractivity contribution in [2.75, 3.05) is 11.4 Å². The van der Waals surface area contributed by atoms with Gasteiger partial charge in [-0.15, -0.1) is 0 Å². The SMILES string of the molecule is CC1CCc2ccccc2N1C(=O)C1CCCCC1CN. The number of aryl methyl sites for hydroxylation is 1. The number of hydrogen-bond donors (Lipinski definition) is 1. The fraction of sp³-hybridized carbons (Fsp3) is 0.611. The van der Waals surface area contributed by atoms with E-state index in [1.807, 2.05) is 6.07 Å². The summed E-state index contributed by atoms with van der Waals surface area (Å²) in [7, 11) is 0. The molecule has 1 amide bonds. The average molecular weight is 286 g/mol.